The van der Waals surface area contributed by atoms with Crippen molar-refractivity contribution in [1.29, 1.82) is 0 Å². The molecule has 1 aromatic rings. The van der Waals surface area contributed by atoms with E-state index in [1.165, 1.54) is 5.56 Å². The van der Waals surface area contributed by atoms with Crippen molar-refractivity contribution in [3.05, 3.63) is 35.9 Å². The lowest BCUT2D eigenvalue weighted by molar-refractivity contribution is -0.142. The van der Waals surface area contributed by atoms with Gasteiger partial charge in [0.15, 0.2) is 0 Å². The summed E-state index contributed by atoms with van der Waals surface area (Å²) < 4.78 is 0. The van der Waals surface area contributed by atoms with Gasteiger partial charge < -0.3 is 15.7 Å². The summed E-state index contributed by atoms with van der Waals surface area (Å²) in [5.74, 6) is -0.889. The molecular formula is C13H18N2O2. The van der Waals surface area contributed by atoms with E-state index in [4.69, 9.17) is 10.8 Å². The Balaban J connectivity index is 1.85. The highest BCUT2D eigenvalue weighted by Gasteiger charge is 2.40. The molecule has 1 atom stereocenters. The second-order valence-corrected chi connectivity index (χ2v) is 4.72. The molecule has 1 heterocycles. The Bertz CT molecular complexity index is 394. The van der Waals surface area contributed by atoms with Gasteiger partial charge in [0.1, 0.15) is 5.54 Å². The first kappa shape index (κ1) is 12.1. The van der Waals surface area contributed by atoms with Gasteiger partial charge in [0.25, 0.3) is 0 Å². The van der Waals surface area contributed by atoms with Gasteiger partial charge in [-0.2, -0.15) is 0 Å². The predicted octanol–water partition coefficient (Wildman–Crippen LogP) is 0.717. The molecule has 92 valence electrons. The second kappa shape index (κ2) is 4.85. The van der Waals surface area contributed by atoms with Gasteiger partial charge in [-0.15, -0.1) is 0 Å². The Morgan fingerprint density at radius 2 is 2.12 bits per heavy atom. The van der Waals surface area contributed by atoms with E-state index < -0.39 is 11.5 Å². The molecule has 1 unspecified atom stereocenters. The third kappa shape index (κ3) is 2.84. The summed E-state index contributed by atoms with van der Waals surface area (Å²) in [6.45, 7) is 2.10. The Morgan fingerprint density at radius 1 is 1.41 bits per heavy atom. The van der Waals surface area contributed by atoms with Crippen LogP contribution in [0, 0.1) is 0 Å². The SMILES string of the molecule is NC1(C(=O)O)CCN(CCc2ccccc2)C1. The van der Waals surface area contributed by atoms with Crippen molar-refractivity contribution >= 4 is 5.97 Å². The van der Waals surface area contributed by atoms with E-state index >= 15 is 0 Å². The molecule has 0 bridgehead atoms. The fourth-order valence-corrected chi connectivity index (χ4v) is 2.21. The van der Waals surface area contributed by atoms with Crippen molar-refractivity contribution < 1.29 is 9.90 Å². The highest BCUT2D eigenvalue weighted by atomic mass is 16.4. The molecule has 0 aliphatic carbocycles. The van der Waals surface area contributed by atoms with Gasteiger partial charge in [0.2, 0.25) is 0 Å². The maximum absolute atomic E-state index is 11.0. The van der Waals surface area contributed by atoms with Crippen LogP contribution in [0.5, 0.6) is 0 Å². The number of aliphatic carboxylic acids is 1. The Morgan fingerprint density at radius 3 is 2.71 bits per heavy atom. The molecule has 0 saturated carbocycles. The van der Waals surface area contributed by atoms with E-state index in [1.807, 2.05) is 18.2 Å². The van der Waals surface area contributed by atoms with Gasteiger partial charge in [0, 0.05) is 19.6 Å². The molecule has 0 spiro atoms. The minimum atomic E-state index is -1.04. The lowest BCUT2D eigenvalue weighted by Crippen LogP contribution is -2.50. The quantitative estimate of drug-likeness (QED) is 0.805. The number of carboxylic acid groups (broad SMARTS) is 1. The van der Waals surface area contributed by atoms with Crippen molar-refractivity contribution in [1.82, 2.24) is 4.90 Å². The molecule has 4 nitrogen and oxygen atoms in total. The largest absolute Gasteiger partial charge is 0.480 e. The molecular weight excluding hydrogens is 216 g/mol. The van der Waals surface area contributed by atoms with Crippen LogP contribution in [0.4, 0.5) is 0 Å². The summed E-state index contributed by atoms with van der Waals surface area (Å²) in [4.78, 5) is 13.1. The summed E-state index contributed by atoms with van der Waals surface area (Å²) in [6.07, 6.45) is 1.48. The molecule has 4 heteroatoms. The van der Waals surface area contributed by atoms with E-state index in [9.17, 15) is 4.79 Å². The van der Waals surface area contributed by atoms with E-state index in [0.717, 1.165) is 19.5 Å². The first-order valence-electron chi connectivity index (χ1n) is 5.89. The smallest absolute Gasteiger partial charge is 0.325 e. The van der Waals surface area contributed by atoms with Crippen LogP contribution >= 0.6 is 0 Å². The summed E-state index contributed by atoms with van der Waals surface area (Å²) in [7, 11) is 0. The van der Waals surface area contributed by atoms with E-state index in [1.54, 1.807) is 0 Å². The number of nitrogens with zero attached hydrogens (tertiary/aromatic N) is 1. The topological polar surface area (TPSA) is 66.6 Å². The minimum absolute atomic E-state index is 0.454. The normalized spacial score (nSPS) is 25.0. The fourth-order valence-electron chi connectivity index (χ4n) is 2.21. The van der Waals surface area contributed by atoms with Crippen molar-refractivity contribution in [3.63, 3.8) is 0 Å². The first-order chi connectivity index (χ1) is 8.10. The van der Waals surface area contributed by atoms with Gasteiger partial charge >= 0.3 is 5.97 Å². The molecule has 17 heavy (non-hydrogen) atoms. The third-order valence-electron chi connectivity index (χ3n) is 3.37. The minimum Gasteiger partial charge on any atom is -0.480 e. The standard InChI is InChI=1S/C13H18N2O2/c14-13(12(16)17)7-9-15(10-13)8-6-11-4-2-1-3-5-11/h1-5H,6-10,14H2,(H,16,17). The molecule has 1 fully saturated rings. The number of benzene rings is 1. The number of carbonyl (C=O) groups is 1. The first-order valence-corrected chi connectivity index (χ1v) is 5.89. The molecule has 0 amide bonds. The van der Waals surface area contributed by atoms with Crippen LogP contribution in [0.25, 0.3) is 0 Å². The Labute approximate surface area is 101 Å². The summed E-state index contributed by atoms with van der Waals surface area (Å²) in [5.41, 5.74) is 6.05. The van der Waals surface area contributed by atoms with Crippen LogP contribution < -0.4 is 5.73 Å². The highest BCUT2D eigenvalue weighted by Crippen LogP contribution is 2.19. The van der Waals surface area contributed by atoms with Gasteiger partial charge in [-0.3, -0.25) is 4.79 Å². The van der Waals surface area contributed by atoms with E-state index in [0.29, 0.717) is 13.0 Å². The molecule has 3 N–H and O–H groups in total. The zero-order valence-electron chi connectivity index (χ0n) is 9.80. The number of hydrogen-bond acceptors (Lipinski definition) is 3. The van der Waals surface area contributed by atoms with E-state index in [-0.39, 0.29) is 0 Å². The van der Waals surface area contributed by atoms with E-state index in [2.05, 4.69) is 17.0 Å². The Kier molecular flexibility index (Phi) is 3.45. The maximum Gasteiger partial charge on any atom is 0.325 e. The monoisotopic (exact) mass is 234 g/mol. The van der Waals surface area contributed by atoms with Crippen molar-refractivity contribution in [2.45, 2.75) is 18.4 Å². The predicted molar refractivity (Wildman–Crippen MR) is 65.8 cm³/mol. The van der Waals surface area contributed by atoms with Crippen LogP contribution in [-0.2, 0) is 11.2 Å². The second-order valence-electron chi connectivity index (χ2n) is 4.72. The average molecular weight is 234 g/mol. The fraction of sp³-hybridized carbons (Fsp3) is 0.462. The maximum atomic E-state index is 11.0. The Hall–Kier alpha value is -1.39. The molecule has 1 aliphatic heterocycles. The van der Waals surface area contributed by atoms with Crippen LogP contribution in [0.2, 0.25) is 0 Å². The van der Waals surface area contributed by atoms with Crippen LogP contribution in [0.3, 0.4) is 0 Å². The number of carboxylic acids is 1. The lowest BCUT2D eigenvalue weighted by Gasteiger charge is -2.19. The molecule has 0 radical (unpaired) electrons. The molecule has 1 aliphatic rings. The number of likely N-dealkylation sites (tertiary alicyclic amines) is 1. The highest BCUT2D eigenvalue weighted by molar-refractivity contribution is 5.79. The number of rotatable bonds is 4. The van der Waals surface area contributed by atoms with Gasteiger partial charge in [-0.1, -0.05) is 30.3 Å². The zero-order valence-corrected chi connectivity index (χ0v) is 9.80. The van der Waals surface area contributed by atoms with Gasteiger partial charge in [-0.25, -0.2) is 0 Å². The summed E-state index contributed by atoms with van der Waals surface area (Å²) >= 11 is 0. The number of hydrogen-bond donors (Lipinski definition) is 2. The third-order valence-corrected chi connectivity index (χ3v) is 3.37. The van der Waals surface area contributed by atoms with Crippen molar-refractivity contribution in [2.24, 2.45) is 5.73 Å². The summed E-state index contributed by atoms with van der Waals surface area (Å²) in [5, 5.41) is 9.02. The number of nitrogens with two attached hydrogens (primary N) is 1. The van der Waals surface area contributed by atoms with Crippen LogP contribution in [0.15, 0.2) is 30.3 Å². The molecule has 0 aromatic heterocycles. The average Bonchev–Trinajstić information content (AvgIpc) is 2.72. The molecule has 2 rings (SSSR count). The lowest BCUT2D eigenvalue weighted by atomic mass is 10.0. The van der Waals surface area contributed by atoms with Gasteiger partial charge in [0.05, 0.1) is 0 Å². The zero-order chi connectivity index (χ0) is 12.3. The summed E-state index contributed by atoms with van der Waals surface area (Å²) in [6, 6.07) is 10.2. The van der Waals surface area contributed by atoms with Crippen LogP contribution in [0.1, 0.15) is 12.0 Å². The van der Waals surface area contributed by atoms with Crippen molar-refractivity contribution in [2.75, 3.05) is 19.6 Å². The molecule has 1 aromatic carbocycles. The van der Waals surface area contributed by atoms with Gasteiger partial charge in [-0.05, 0) is 18.4 Å². The van der Waals surface area contributed by atoms with Crippen molar-refractivity contribution in [3.8, 4) is 0 Å². The molecule has 1 saturated heterocycles. The van der Waals surface area contributed by atoms with Crippen LogP contribution in [-0.4, -0.2) is 41.1 Å².